The van der Waals surface area contributed by atoms with Crippen LogP contribution < -0.4 is 5.32 Å². The van der Waals surface area contributed by atoms with Crippen molar-refractivity contribution < 1.29 is 23.1 Å². The van der Waals surface area contributed by atoms with E-state index in [0.29, 0.717) is 13.0 Å². The molecule has 23 heavy (non-hydrogen) atoms. The Hall–Kier alpha value is -2.18. The summed E-state index contributed by atoms with van der Waals surface area (Å²) >= 11 is 0. The molecule has 0 unspecified atom stereocenters. The average molecular weight is 328 g/mol. The first-order chi connectivity index (χ1) is 10.6. The monoisotopic (exact) mass is 328 g/mol. The molecule has 0 saturated heterocycles. The number of benzene rings is 1. The molecule has 7 heteroatoms. The van der Waals surface area contributed by atoms with Gasteiger partial charge in [-0.2, -0.15) is 0 Å². The standard InChI is InChI=1S/C16H22F2N2O3/c1-16(2,3)23-15(22)20(4)9-5-6-14(21)19-11-7-8-12(17)13(18)10-11/h7-8,10H,5-6,9H2,1-4H3,(H,19,21). The Kier molecular flexibility index (Phi) is 6.48. The molecule has 1 aromatic rings. The molecule has 0 bridgehead atoms. The molecular weight excluding hydrogens is 306 g/mol. The van der Waals surface area contributed by atoms with Gasteiger partial charge < -0.3 is 15.0 Å². The van der Waals surface area contributed by atoms with Crippen molar-refractivity contribution >= 4 is 17.7 Å². The van der Waals surface area contributed by atoms with E-state index >= 15 is 0 Å². The first kappa shape index (κ1) is 18.9. The summed E-state index contributed by atoms with van der Waals surface area (Å²) in [6.07, 6.45) is 0.107. The number of rotatable bonds is 5. The molecule has 0 radical (unpaired) electrons. The molecule has 0 fully saturated rings. The Labute approximate surface area is 134 Å². The summed E-state index contributed by atoms with van der Waals surface area (Å²) in [5.41, 5.74) is -0.385. The van der Waals surface area contributed by atoms with Crippen LogP contribution in [0.2, 0.25) is 0 Å². The summed E-state index contributed by atoms with van der Waals surface area (Å²) in [4.78, 5) is 24.8. The van der Waals surface area contributed by atoms with Crippen LogP contribution in [0.5, 0.6) is 0 Å². The molecule has 0 aromatic heterocycles. The van der Waals surface area contributed by atoms with Gasteiger partial charge in [0, 0.05) is 31.8 Å². The van der Waals surface area contributed by atoms with Gasteiger partial charge in [-0.1, -0.05) is 0 Å². The van der Waals surface area contributed by atoms with E-state index in [-0.39, 0.29) is 18.0 Å². The van der Waals surface area contributed by atoms with Crippen molar-refractivity contribution in [2.45, 2.75) is 39.2 Å². The maximum absolute atomic E-state index is 13.0. The number of hydrogen-bond donors (Lipinski definition) is 1. The minimum Gasteiger partial charge on any atom is -0.444 e. The molecule has 0 atom stereocenters. The summed E-state index contributed by atoms with van der Waals surface area (Å²) < 4.78 is 31.0. The summed E-state index contributed by atoms with van der Waals surface area (Å²) in [5.74, 6) is -2.33. The Morgan fingerprint density at radius 1 is 1.22 bits per heavy atom. The lowest BCUT2D eigenvalue weighted by Crippen LogP contribution is -2.35. The van der Waals surface area contributed by atoms with Gasteiger partial charge in [-0.15, -0.1) is 0 Å². The van der Waals surface area contributed by atoms with E-state index in [4.69, 9.17) is 4.74 Å². The van der Waals surface area contributed by atoms with Gasteiger partial charge in [0.2, 0.25) is 5.91 Å². The van der Waals surface area contributed by atoms with E-state index < -0.39 is 23.3 Å². The third kappa shape index (κ3) is 7.08. The minimum absolute atomic E-state index is 0.145. The molecule has 0 heterocycles. The number of anilines is 1. The zero-order valence-corrected chi connectivity index (χ0v) is 13.8. The van der Waals surface area contributed by atoms with Crippen molar-refractivity contribution in [1.29, 1.82) is 0 Å². The lowest BCUT2D eigenvalue weighted by Gasteiger charge is -2.24. The molecule has 1 aromatic carbocycles. The molecule has 0 spiro atoms. The number of nitrogens with one attached hydrogen (secondary N) is 1. The second kappa shape index (κ2) is 7.89. The number of carbonyl (C=O) groups excluding carboxylic acids is 2. The zero-order valence-electron chi connectivity index (χ0n) is 13.8. The van der Waals surface area contributed by atoms with Crippen molar-refractivity contribution in [3.63, 3.8) is 0 Å². The average Bonchev–Trinajstić information content (AvgIpc) is 2.41. The highest BCUT2D eigenvalue weighted by molar-refractivity contribution is 5.90. The predicted octanol–water partition coefficient (Wildman–Crippen LogP) is 3.55. The fraction of sp³-hybridized carbons (Fsp3) is 0.500. The van der Waals surface area contributed by atoms with Crippen LogP contribution in [0.1, 0.15) is 33.6 Å². The Bertz CT molecular complexity index is 571. The van der Waals surface area contributed by atoms with Crippen LogP contribution in [0.25, 0.3) is 0 Å². The van der Waals surface area contributed by atoms with Gasteiger partial charge in [0.25, 0.3) is 0 Å². The van der Waals surface area contributed by atoms with Crippen molar-refractivity contribution in [3.05, 3.63) is 29.8 Å². The highest BCUT2D eigenvalue weighted by atomic mass is 19.2. The fourth-order valence-electron chi connectivity index (χ4n) is 1.71. The van der Waals surface area contributed by atoms with Crippen LogP contribution in [-0.4, -0.2) is 36.1 Å². The van der Waals surface area contributed by atoms with Crippen molar-refractivity contribution in [2.24, 2.45) is 0 Å². The minimum atomic E-state index is -1.02. The first-order valence-corrected chi connectivity index (χ1v) is 7.27. The number of halogens is 2. The molecule has 0 aliphatic carbocycles. The molecule has 128 valence electrons. The van der Waals surface area contributed by atoms with Crippen molar-refractivity contribution in [3.8, 4) is 0 Å². The summed E-state index contributed by atoms with van der Waals surface area (Å²) in [5, 5.41) is 2.47. The number of ether oxygens (including phenoxy) is 1. The van der Waals surface area contributed by atoms with E-state index in [1.165, 1.54) is 11.0 Å². The molecule has 0 aliphatic heterocycles. The third-order valence-electron chi connectivity index (χ3n) is 2.81. The Balaban J connectivity index is 2.36. The second-order valence-corrected chi connectivity index (χ2v) is 6.18. The summed E-state index contributed by atoms with van der Waals surface area (Å²) in [6.45, 7) is 5.66. The number of carbonyl (C=O) groups is 2. The molecule has 2 amide bonds. The first-order valence-electron chi connectivity index (χ1n) is 7.27. The summed E-state index contributed by atoms with van der Waals surface area (Å²) in [7, 11) is 1.58. The fourth-order valence-corrected chi connectivity index (χ4v) is 1.71. The van der Waals surface area contributed by atoms with E-state index in [9.17, 15) is 18.4 Å². The Morgan fingerprint density at radius 2 is 1.87 bits per heavy atom. The molecule has 0 aliphatic rings. The molecular formula is C16H22F2N2O3. The van der Waals surface area contributed by atoms with Crippen LogP contribution in [0.4, 0.5) is 19.3 Å². The maximum Gasteiger partial charge on any atom is 0.410 e. The van der Waals surface area contributed by atoms with E-state index in [1.54, 1.807) is 27.8 Å². The van der Waals surface area contributed by atoms with E-state index in [0.717, 1.165) is 12.1 Å². The van der Waals surface area contributed by atoms with E-state index in [2.05, 4.69) is 5.32 Å². The quantitative estimate of drug-likeness (QED) is 0.899. The van der Waals surface area contributed by atoms with Gasteiger partial charge in [-0.3, -0.25) is 4.79 Å². The van der Waals surface area contributed by atoms with Gasteiger partial charge in [0.15, 0.2) is 11.6 Å². The lowest BCUT2D eigenvalue weighted by atomic mass is 10.2. The number of hydrogen-bond acceptors (Lipinski definition) is 3. The zero-order chi connectivity index (χ0) is 17.6. The topological polar surface area (TPSA) is 58.6 Å². The summed E-state index contributed by atoms with van der Waals surface area (Å²) in [6, 6.07) is 3.14. The smallest absolute Gasteiger partial charge is 0.410 e. The molecule has 0 saturated carbocycles. The number of nitrogens with zero attached hydrogens (tertiary/aromatic N) is 1. The van der Waals surface area contributed by atoms with Crippen molar-refractivity contribution in [1.82, 2.24) is 4.90 Å². The largest absolute Gasteiger partial charge is 0.444 e. The highest BCUT2D eigenvalue weighted by Crippen LogP contribution is 2.14. The lowest BCUT2D eigenvalue weighted by molar-refractivity contribution is -0.116. The van der Waals surface area contributed by atoms with Crippen LogP contribution in [0, 0.1) is 11.6 Å². The SMILES string of the molecule is CN(CCCC(=O)Nc1ccc(F)c(F)c1)C(=O)OC(C)(C)C. The number of amides is 2. The van der Waals surface area contributed by atoms with Crippen molar-refractivity contribution in [2.75, 3.05) is 18.9 Å². The van der Waals surface area contributed by atoms with Crippen LogP contribution in [-0.2, 0) is 9.53 Å². The molecule has 5 nitrogen and oxygen atoms in total. The second-order valence-electron chi connectivity index (χ2n) is 6.18. The third-order valence-corrected chi connectivity index (χ3v) is 2.81. The van der Waals surface area contributed by atoms with Gasteiger partial charge in [0.1, 0.15) is 5.60 Å². The van der Waals surface area contributed by atoms with Crippen LogP contribution in [0.3, 0.4) is 0 Å². The molecule has 1 rings (SSSR count). The van der Waals surface area contributed by atoms with Gasteiger partial charge in [-0.25, -0.2) is 13.6 Å². The van der Waals surface area contributed by atoms with Crippen LogP contribution >= 0.6 is 0 Å². The normalized spacial score (nSPS) is 11.0. The van der Waals surface area contributed by atoms with Crippen LogP contribution in [0.15, 0.2) is 18.2 Å². The maximum atomic E-state index is 13.0. The Morgan fingerprint density at radius 3 is 2.43 bits per heavy atom. The molecule has 1 N–H and O–H groups in total. The van der Waals surface area contributed by atoms with Gasteiger partial charge in [-0.05, 0) is 39.3 Å². The van der Waals surface area contributed by atoms with Gasteiger partial charge in [0.05, 0.1) is 0 Å². The predicted molar refractivity (Wildman–Crippen MR) is 83.1 cm³/mol. The highest BCUT2D eigenvalue weighted by Gasteiger charge is 2.19. The van der Waals surface area contributed by atoms with E-state index in [1.807, 2.05) is 0 Å². The van der Waals surface area contributed by atoms with Gasteiger partial charge >= 0.3 is 6.09 Å².